The van der Waals surface area contributed by atoms with E-state index in [1.165, 1.54) is 0 Å². The number of nitrogens with zero attached hydrogens (tertiary/aromatic N) is 2. The number of carbonyl (C=O) groups is 1. The van der Waals surface area contributed by atoms with Crippen molar-refractivity contribution in [1.82, 2.24) is 9.88 Å². The zero-order valence-electron chi connectivity index (χ0n) is 15.6. The molecule has 1 aliphatic rings. The predicted octanol–water partition coefficient (Wildman–Crippen LogP) is 4.46. The molecule has 1 fully saturated rings. The fourth-order valence-corrected chi connectivity index (χ4v) is 3.47. The van der Waals surface area contributed by atoms with Gasteiger partial charge in [0.1, 0.15) is 11.5 Å². The first-order chi connectivity index (χ1) is 13.8. The molecule has 0 bridgehead atoms. The Balaban J connectivity index is 1.37. The number of amides is 1. The topological polar surface area (TPSA) is 67.6 Å². The number of hydrogen-bond acceptors (Lipinski definition) is 5. The van der Waals surface area contributed by atoms with Crippen molar-refractivity contribution in [3.8, 4) is 11.5 Å². The Morgan fingerprint density at radius 3 is 2.82 bits per heavy atom. The van der Waals surface area contributed by atoms with E-state index < -0.39 is 0 Å². The summed E-state index contributed by atoms with van der Waals surface area (Å²) in [5.74, 6) is 1.41. The third kappa shape index (κ3) is 4.58. The van der Waals surface area contributed by atoms with E-state index >= 15 is 0 Å². The molecule has 1 aliphatic heterocycles. The molecule has 3 aromatic rings. The number of piperidine rings is 1. The standard InChI is InChI=1S/C22H23N3O3/c26-22(21-5-1-2-12-25(21)15-17-10-13-27-16-17)24-18-6-8-19(9-7-18)28-20-4-3-11-23-14-20/h3-4,6-11,13-14,16,21H,1-2,5,12,15H2,(H,24,26). The summed E-state index contributed by atoms with van der Waals surface area (Å²) in [6.45, 7) is 1.65. The number of hydrogen-bond donors (Lipinski definition) is 1. The minimum Gasteiger partial charge on any atom is -0.472 e. The lowest BCUT2D eigenvalue weighted by atomic mass is 10.0. The number of nitrogens with one attached hydrogen (secondary N) is 1. The van der Waals surface area contributed by atoms with Crippen LogP contribution in [0.2, 0.25) is 0 Å². The van der Waals surface area contributed by atoms with Gasteiger partial charge < -0.3 is 14.5 Å². The van der Waals surface area contributed by atoms with Crippen LogP contribution in [0.3, 0.4) is 0 Å². The molecular weight excluding hydrogens is 354 g/mol. The van der Waals surface area contributed by atoms with Crippen LogP contribution in [0, 0.1) is 0 Å². The van der Waals surface area contributed by atoms with Gasteiger partial charge in [0, 0.05) is 24.0 Å². The minimum atomic E-state index is -0.130. The SMILES string of the molecule is O=C(Nc1ccc(Oc2cccnc2)cc1)C1CCCCN1Cc1ccoc1. The van der Waals surface area contributed by atoms with Crippen LogP contribution >= 0.6 is 0 Å². The molecule has 0 saturated carbocycles. The molecule has 0 spiro atoms. The number of furan rings is 1. The zero-order valence-corrected chi connectivity index (χ0v) is 15.6. The van der Waals surface area contributed by atoms with E-state index in [-0.39, 0.29) is 11.9 Å². The second kappa shape index (κ2) is 8.71. The Labute approximate surface area is 164 Å². The van der Waals surface area contributed by atoms with Crippen LogP contribution < -0.4 is 10.1 Å². The molecule has 0 aliphatic carbocycles. The van der Waals surface area contributed by atoms with Crippen LogP contribution in [-0.4, -0.2) is 28.4 Å². The maximum atomic E-state index is 12.9. The Hall–Kier alpha value is -3.12. The number of pyridine rings is 1. The van der Waals surface area contributed by atoms with Gasteiger partial charge in [0.25, 0.3) is 0 Å². The molecule has 1 saturated heterocycles. The fourth-order valence-electron chi connectivity index (χ4n) is 3.47. The first-order valence-electron chi connectivity index (χ1n) is 9.52. The number of benzene rings is 1. The molecule has 0 radical (unpaired) electrons. The Morgan fingerprint density at radius 2 is 2.07 bits per heavy atom. The number of ether oxygens (including phenoxy) is 1. The van der Waals surface area contributed by atoms with E-state index in [2.05, 4.69) is 15.2 Å². The average Bonchev–Trinajstić information content (AvgIpc) is 3.24. The molecule has 2 aromatic heterocycles. The van der Waals surface area contributed by atoms with Crippen molar-refractivity contribution in [2.45, 2.75) is 31.8 Å². The molecule has 1 atom stereocenters. The molecule has 1 unspecified atom stereocenters. The molecule has 6 nitrogen and oxygen atoms in total. The third-order valence-electron chi connectivity index (χ3n) is 4.87. The van der Waals surface area contributed by atoms with Gasteiger partial charge in [-0.15, -0.1) is 0 Å². The second-order valence-corrected chi connectivity index (χ2v) is 6.92. The average molecular weight is 377 g/mol. The Kier molecular flexibility index (Phi) is 5.68. The number of carbonyl (C=O) groups excluding carboxylic acids is 1. The Morgan fingerprint density at radius 1 is 1.18 bits per heavy atom. The zero-order chi connectivity index (χ0) is 19.2. The quantitative estimate of drug-likeness (QED) is 0.687. The summed E-state index contributed by atoms with van der Waals surface area (Å²) in [6.07, 6.45) is 9.82. The molecule has 4 rings (SSSR count). The fraction of sp³-hybridized carbons (Fsp3) is 0.273. The van der Waals surface area contributed by atoms with E-state index in [1.54, 1.807) is 24.9 Å². The number of rotatable bonds is 6. The van der Waals surface area contributed by atoms with E-state index in [4.69, 9.17) is 9.15 Å². The largest absolute Gasteiger partial charge is 0.472 e. The maximum absolute atomic E-state index is 12.9. The highest BCUT2D eigenvalue weighted by Gasteiger charge is 2.28. The van der Waals surface area contributed by atoms with E-state index in [9.17, 15) is 4.79 Å². The highest BCUT2D eigenvalue weighted by molar-refractivity contribution is 5.94. The summed E-state index contributed by atoms with van der Waals surface area (Å²) in [4.78, 5) is 19.1. The van der Waals surface area contributed by atoms with E-state index in [0.717, 1.165) is 43.6 Å². The second-order valence-electron chi connectivity index (χ2n) is 6.92. The summed E-state index contributed by atoms with van der Waals surface area (Å²) in [7, 11) is 0. The van der Waals surface area contributed by atoms with Gasteiger partial charge in [0.05, 0.1) is 24.8 Å². The van der Waals surface area contributed by atoms with Gasteiger partial charge in [-0.3, -0.25) is 14.7 Å². The van der Waals surface area contributed by atoms with Crippen LogP contribution in [0.1, 0.15) is 24.8 Å². The first-order valence-corrected chi connectivity index (χ1v) is 9.52. The van der Waals surface area contributed by atoms with Crippen LogP contribution in [0.25, 0.3) is 0 Å². The summed E-state index contributed by atoms with van der Waals surface area (Å²) in [5.41, 5.74) is 1.86. The van der Waals surface area contributed by atoms with Crippen molar-refractivity contribution >= 4 is 11.6 Å². The molecule has 1 aromatic carbocycles. The highest BCUT2D eigenvalue weighted by atomic mass is 16.5. The van der Waals surface area contributed by atoms with Gasteiger partial charge in [-0.2, -0.15) is 0 Å². The minimum absolute atomic E-state index is 0.0316. The van der Waals surface area contributed by atoms with Crippen molar-refractivity contribution in [3.05, 3.63) is 72.9 Å². The maximum Gasteiger partial charge on any atom is 0.241 e. The Bertz CT molecular complexity index is 879. The lowest BCUT2D eigenvalue weighted by Crippen LogP contribution is -2.46. The van der Waals surface area contributed by atoms with Gasteiger partial charge in [0.2, 0.25) is 5.91 Å². The van der Waals surface area contributed by atoms with E-state index in [0.29, 0.717) is 11.5 Å². The van der Waals surface area contributed by atoms with Crippen molar-refractivity contribution in [1.29, 1.82) is 0 Å². The van der Waals surface area contributed by atoms with Crippen LogP contribution in [-0.2, 0) is 11.3 Å². The highest BCUT2D eigenvalue weighted by Crippen LogP contribution is 2.24. The molecule has 1 amide bonds. The van der Waals surface area contributed by atoms with Gasteiger partial charge in [-0.25, -0.2) is 0 Å². The summed E-state index contributed by atoms with van der Waals surface area (Å²) in [5, 5.41) is 3.04. The predicted molar refractivity (Wildman–Crippen MR) is 106 cm³/mol. The smallest absolute Gasteiger partial charge is 0.241 e. The molecule has 28 heavy (non-hydrogen) atoms. The first kappa shape index (κ1) is 18.3. The normalized spacial score (nSPS) is 17.2. The lowest BCUT2D eigenvalue weighted by molar-refractivity contribution is -0.122. The number of aromatic nitrogens is 1. The number of anilines is 1. The number of likely N-dealkylation sites (tertiary alicyclic amines) is 1. The molecular formula is C22H23N3O3. The molecule has 1 N–H and O–H groups in total. The van der Waals surface area contributed by atoms with Crippen molar-refractivity contribution < 1.29 is 13.9 Å². The van der Waals surface area contributed by atoms with Gasteiger partial charge in [0.15, 0.2) is 0 Å². The molecule has 144 valence electrons. The van der Waals surface area contributed by atoms with Crippen LogP contribution in [0.15, 0.2) is 71.8 Å². The summed E-state index contributed by atoms with van der Waals surface area (Å²) < 4.78 is 10.9. The van der Waals surface area contributed by atoms with Crippen molar-refractivity contribution in [2.24, 2.45) is 0 Å². The van der Waals surface area contributed by atoms with E-state index in [1.807, 2.05) is 42.5 Å². The molecule has 3 heterocycles. The monoisotopic (exact) mass is 377 g/mol. The van der Waals surface area contributed by atoms with Crippen LogP contribution in [0.4, 0.5) is 5.69 Å². The van der Waals surface area contributed by atoms with Crippen LogP contribution in [0.5, 0.6) is 11.5 Å². The lowest BCUT2D eigenvalue weighted by Gasteiger charge is -2.34. The van der Waals surface area contributed by atoms with Gasteiger partial charge >= 0.3 is 0 Å². The van der Waals surface area contributed by atoms with Crippen molar-refractivity contribution in [2.75, 3.05) is 11.9 Å². The third-order valence-corrected chi connectivity index (χ3v) is 4.87. The molecule has 6 heteroatoms. The van der Waals surface area contributed by atoms with Crippen molar-refractivity contribution in [3.63, 3.8) is 0 Å². The van der Waals surface area contributed by atoms with Gasteiger partial charge in [-0.1, -0.05) is 6.42 Å². The van der Waals surface area contributed by atoms with Gasteiger partial charge in [-0.05, 0) is 61.9 Å². The summed E-state index contributed by atoms with van der Waals surface area (Å²) >= 11 is 0. The summed E-state index contributed by atoms with van der Waals surface area (Å²) in [6, 6.07) is 12.9.